The van der Waals surface area contributed by atoms with Gasteiger partial charge < -0.3 is 4.74 Å². The van der Waals surface area contributed by atoms with Crippen molar-refractivity contribution in [2.45, 2.75) is 0 Å². The normalized spacial score (nSPS) is 10.1. The van der Waals surface area contributed by atoms with E-state index in [0.717, 1.165) is 7.11 Å². The Morgan fingerprint density at radius 1 is 1.25 bits per heavy atom. The lowest BCUT2D eigenvalue weighted by molar-refractivity contribution is 0.366. The number of ether oxygens (including phenoxy) is 1. The Labute approximate surface area is 71.7 Å². The third-order valence-corrected chi connectivity index (χ3v) is 1.64. The van der Waals surface area contributed by atoms with Gasteiger partial charge in [0.1, 0.15) is 10.8 Å². The molecular weight excluding hydrogens is 193 g/mol. The molecule has 0 aliphatic heterocycles. The highest BCUT2D eigenvalue weighted by Gasteiger charge is 2.17. The van der Waals surface area contributed by atoms with Crippen molar-refractivity contribution in [3.63, 3.8) is 0 Å². The monoisotopic (exact) mass is 196 g/mol. The molecular formula is C7H4ClF3O. The molecule has 5 heteroatoms. The quantitative estimate of drug-likeness (QED) is 0.496. The molecule has 1 rings (SSSR count). The van der Waals surface area contributed by atoms with Gasteiger partial charge in [-0.15, -0.1) is 0 Å². The SMILES string of the molecule is COc1cc(F)c(Cl)c(F)c1F. The summed E-state index contributed by atoms with van der Waals surface area (Å²) in [5.41, 5.74) is 0. The van der Waals surface area contributed by atoms with Crippen molar-refractivity contribution in [2.24, 2.45) is 0 Å². The van der Waals surface area contributed by atoms with Gasteiger partial charge in [0.2, 0.25) is 5.82 Å². The molecule has 0 amide bonds. The molecule has 0 radical (unpaired) electrons. The first-order chi connectivity index (χ1) is 5.57. The third kappa shape index (κ3) is 1.34. The van der Waals surface area contributed by atoms with Crippen molar-refractivity contribution in [1.29, 1.82) is 0 Å². The first-order valence-corrected chi connectivity index (χ1v) is 3.32. The molecule has 0 bridgehead atoms. The molecule has 0 aliphatic rings. The van der Waals surface area contributed by atoms with Crippen molar-refractivity contribution in [1.82, 2.24) is 0 Å². The van der Waals surface area contributed by atoms with E-state index in [0.29, 0.717) is 6.07 Å². The zero-order valence-electron chi connectivity index (χ0n) is 6.00. The minimum Gasteiger partial charge on any atom is -0.493 e. The van der Waals surface area contributed by atoms with E-state index in [9.17, 15) is 13.2 Å². The highest BCUT2D eigenvalue weighted by Crippen LogP contribution is 2.28. The average Bonchev–Trinajstić information content (AvgIpc) is 2.08. The van der Waals surface area contributed by atoms with Gasteiger partial charge >= 0.3 is 0 Å². The zero-order chi connectivity index (χ0) is 9.30. The van der Waals surface area contributed by atoms with Crippen LogP contribution in [0.1, 0.15) is 0 Å². The topological polar surface area (TPSA) is 9.23 Å². The Morgan fingerprint density at radius 2 is 1.83 bits per heavy atom. The van der Waals surface area contributed by atoms with Crippen LogP contribution in [0, 0.1) is 17.5 Å². The summed E-state index contributed by atoms with van der Waals surface area (Å²) in [5, 5.41) is -0.867. The van der Waals surface area contributed by atoms with Crippen molar-refractivity contribution < 1.29 is 17.9 Å². The summed E-state index contributed by atoms with van der Waals surface area (Å²) < 4.78 is 42.2. The molecule has 0 fully saturated rings. The molecule has 66 valence electrons. The molecule has 1 aromatic carbocycles. The summed E-state index contributed by atoms with van der Waals surface area (Å²) in [7, 11) is 1.10. The summed E-state index contributed by atoms with van der Waals surface area (Å²) in [6.07, 6.45) is 0. The summed E-state index contributed by atoms with van der Waals surface area (Å²) in [6, 6.07) is 0.681. The van der Waals surface area contributed by atoms with Crippen LogP contribution < -0.4 is 4.74 Å². The van der Waals surface area contributed by atoms with E-state index in [1.54, 1.807) is 0 Å². The van der Waals surface area contributed by atoms with Gasteiger partial charge in [0.15, 0.2) is 11.6 Å². The van der Waals surface area contributed by atoms with Gasteiger partial charge in [-0.2, -0.15) is 4.39 Å². The summed E-state index contributed by atoms with van der Waals surface area (Å²) in [6.45, 7) is 0. The fraction of sp³-hybridized carbons (Fsp3) is 0.143. The van der Waals surface area contributed by atoms with Crippen LogP contribution in [0.4, 0.5) is 13.2 Å². The molecule has 0 N–H and O–H groups in total. The fourth-order valence-electron chi connectivity index (χ4n) is 0.700. The van der Waals surface area contributed by atoms with Crippen molar-refractivity contribution in [3.8, 4) is 5.75 Å². The standard InChI is InChI=1S/C7H4ClF3O/c1-12-4-2-3(9)5(8)7(11)6(4)10/h2H,1H3. The fourth-order valence-corrected chi connectivity index (χ4v) is 0.837. The molecule has 0 aromatic heterocycles. The van der Waals surface area contributed by atoms with Crippen molar-refractivity contribution >= 4 is 11.6 Å². The second kappa shape index (κ2) is 3.23. The first-order valence-electron chi connectivity index (χ1n) is 2.95. The van der Waals surface area contributed by atoms with Crippen LogP contribution >= 0.6 is 11.6 Å². The van der Waals surface area contributed by atoms with E-state index < -0.39 is 28.2 Å². The lowest BCUT2D eigenvalue weighted by Crippen LogP contribution is -1.95. The predicted octanol–water partition coefficient (Wildman–Crippen LogP) is 2.77. The van der Waals surface area contributed by atoms with Gasteiger partial charge in [0.05, 0.1) is 7.11 Å². The maximum absolute atomic E-state index is 12.7. The van der Waals surface area contributed by atoms with Gasteiger partial charge in [-0.05, 0) is 0 Å². The van der Waals surface area contributed by atoms with Crippen molar-refractivity contribution in [3.05, 3.63) is 28.5 Å². The second-order valence-electron chi connectivity index (χ2n) is 2.00. The maximum atomic E-state index is 12.7. The van der Waals surface area contributed by atoms with Crippen LogP contribution in [0.5, 0.6) is 5.75 Å². The Bertz CT molecular complexity index is 314. The van der Waals surface area contributed by atoms with Crippen LogP contribution in [-0.4, -0.2) is 7.11 Å². The Hall–Kier alpha value is -0.900. The number of halogens is 4. The molecule has 0 saturated carbocycles. The number of hydrogen-bond donors (Lipinski definition) is 0. The van der Waals surface area contributed by atoms with Gasteiger partial charge in [-0.3, -0.25) is 0 Å². The van der Waals surface area contributed by atoms with Gasteiger partial charge in [0.25, 0.3) is 0 Å². The largest absolute Gasteiger partial charge is 0.493 e. The minimum absolute atomic E-state index is 0.505. The lowest BCUT2D eigenvalue weighted by Gasteiger charge is -2.03. The van der Waals surface area contributed by atoms with Gasteiger partial charge in [-0.1, -0.05) is 11.6 Å². The number of hydrogen-bond acceptors (Lipinski definition) is 1. The summed E-state index contributed by atoms with van der Waals surface area (Å²) in [5.74, 6) is -4.28. The third-order valence-electron chi connectivity index (χ3n) is 1.29. The Balaban J connectivity index is 3.39. The second-order valence-corrected chi connectivity index (χ2v) is 2.38. The van der Waals surface area contributed by atoms with Gasteiger partial charge in [-0.25, -0.2) is 8.78 Å². The number of rotatable bonds is 1. The number of methoxy groups -OCH3 is 1. The smallest absolute Gasteiger partial charge is 0.202 e. The van der Waals surface area contributed by atoms with E-state index in [1.165, 1.54) is 0 Å². The molecule has 12 heavy (non-hydrogen) atoms. The van der Waals surface area contributed by atoms with Crippen LogP contribution in [0.25, 0.3) is 0 Å². The van der Waals surface area contributed by atoms with Crippen LogP contribution in [0.2, 0.25) is 5.02 Å². The van der Waals surface area contributed by atoms with Crippen LogP contribution in [0.3, 0.4) is 0 Å². The van der Waals surface area contributed by atoms with Gasteiger partial charge in [0, 0.05) is 6.07 Å². The zero-order valence-corrected chi connectivity index (χ0v) is 6.75. The van der Waals surface area contributed by atoms with E-state index >= 15 is 0 Å². The predicted molar refractivity (Wildman–Crippen MR) is 37.9 cm³/mol. The average molecular weight is 197 g/mol. The Morgan fingerprint density at radius 3 is 2.33 bits per heavy atom. The van der Waals surface area contributed by atoms with Crippen LogP contribution in [0.15, 0.2) is 6.07 Å². The van der Waals surface area contributed by atoms with E-state index in [-0.39, 0.29) is 0 Å². The maximum Gasteiger partial charge on any atom is 0.202 e. The van der Waals surface area contributed by atoms with E-state index in [2.05, 4.69) is 4.74 Å². The highest BCUT2D eigenvalue weighted by molar-refractivity contribution is 6.30. The molecule has 0 saturated heterocycles. The van der Waals surface area contributed by atoms with E-state index in [1.807, 2.05) is 0 Å². The summed E-state index contributed by atoms with van der Waals surface area (Å²) >= 11 is 5.07. The highest BCUT2D eigenvalue weighted by atomic mass is 35.5. The van der Waals surface area contributed by atoms with Crippen LogP contribution in [-0.2, 0) is 0 Å². The first kappa shape index (κ1) is 9.19. The molecule has 0 unspecified atom stereocenters. The molecule has 1 aromatic rings. The molecule has 0 aliphatic carbocycles. The van der Waals surface area contributed by atoms with E-state index in [4.69, 9.17) is 11.6 Å². The van der Waals surface area contributed by atoms with Crippen molar-refractivity contribution in [2.75, 3.05) is 7.11 Å². The molecule has 1 nitrogen and oxygen atoms in total. The lowest BCUT2D eigenvalue weighted by atomic mass is 10.3. The molecule has 0 atom stereocenters. The minimum atomic E-state index is -1.44. The molecule has 0 spiro atoms. The number of benzene rings is 1. The summed E-state index contributed by atoms with van der Waals surface area (Å²) in [4.78, 5) is 0. The Kier molecular flexibility index (Phi) is 2.47. The molecule has 0 heterocycles.